The van der Waals surface area contributed by atoms with E-state index in [1.807, 2.05) is 6.07 Å². The zero-order valence-corrected chi connectivity index (χ0v) is 21.6. The molecule has 5 rings (SSSR count). The summed E-state index contributed by atoms with van der Waals surface area (Å²) in [7, 11) is 2.15. The van der Waals surface area contributed by atoms with Gasteiger partial charge in [0, 0.05) is 57.3 Å². The normalized spacial score (nSPS) is 23.5. The van der Waals surface area contributed by atoms with Crippen LogP contribution in [0.5, 0.6) is 5.75 Å². The number of nitrogens with zero attached hydrogens (tertiary/aromatic N) is 3. The van der Waals surface area contributed by atoms with Gasteiger partial charge in [0.1, 0.15) is 12.4 Å². The van der Waals surface area contributed by atoms with Crippen molar-refractivity contribution < 1.29 is 9.53 Å². The number of benzene rings is 2. The number of nitrogens with one attached hydrogen (secondary N) is 1. The Hall–Kier alpha value is -2.12. The van der Waals surface area contributed by atoms with Crippen molar-refractivity contribution in [1.82, 2.24) is 20.0 Å². The predicted molar refractivity (Wildman–Crippen MR) is 142 cm³/mol. The number of carbonyl (C=O) groups is 1. The monoisotopic (exact) mass is 498 g/mol. The number of hydrogen-bond donors (Lipinski definition) is 1. The topological polar surface area (TPSA) is 48.0 Å². The van der Waals surface area contributed by atoms with Gasteiger partial charge in [-0.3, -0.25) is 9.69 Å². The number of halogens is 1. The van der Waals surface area contributed by atoms with Crippen LogP contribution < -0.4 is 10.1 Å². The van der Waals surface area contributed by atoms with Crippen LogP contribution >= 0.6 is 12.4 Å². The Labute approximate surface area is 216 Å². The summed E-state index contributed by atoms with van der Waals surface area (Å²) in [4.78, 5) is 19.5. The number of piperazine rings is 1. The van der Waals surface area contributed by atoms with Gasteiger partial charge >= 0.3 is 0 Å². The molecule has 1 N–H and O–H groups in total. The van der Waals surface area contributed by atoms with Gasteiger partial charge in [0.2, 0.25) is 5.91 Å². The molecule has 0 unspecified atom stereocenters. The lowest BCUT2D eigenvalue weighted by atomic mass is 10.0. The second-order valence-electron chi connectivity index (χ2n) is 10.2. The molecule has 0 radical (unpaired) electrons. The number of rotatable bonds is 8. The lowest BCUT2D eigenvalue weighted by Gasteiger charge is -2.36. The van der Waals surface area contributed by atoms with Gasteiger partial charge in [-0.25, -0.2) is 0 Å². The third-order valence-electron chi connectivity index (χ3n) is 7.60. The molecule has 2 aromatic rings. The number of likely N-dealkylation sites (N-methyl/N-ethyl adjacent to an activating group) is 1. The zero-order chi connectivity index (χ0) is 23.3. The van der Waals surface area contributed by atoms with Crippen LogP contribution in [0.25, 0.3) is 0 Å². The molecular weight excluding hydrogens is 460 g/mol. The molecule has 1 saturated carbocycles. The van der Waals surface area contributed by atoms with E-state index in [2.05, 4.69) is 75.6 Å². The summed E-state index contributed by atoms with van der Waals surface area (Å²) < 4.78 is 6.19. The van der Waals surface area contributed by atoms with Gasteiger partial charge in [-0.2, -0.15) is 0 Å². The van der Waals surface area contributed by atoms with Crippen LogP contribution in [-0.2, 0) is 11.4 Å². The van der Waals surface area contributed by atoms with Crippen molar-refractivity contribution in [2.75, 3.05) is 52.9 Å². The first-order valence-corrected chi connectivity index (χ1v) is 12.9. The van der Waals surface area contributed by atoms with E-state index in [4.69, 9.17) is 4.74 Å². The number of amides is 1. The van der Waals surface area contributed by atoms with Gasteiger partial charge in [0.25, 0.3) is 0 Å². The summed E-state index contributed by atoms with van der Waals surface area (Å²) in [6.07, 6.45) is 3.25. The minimum atomic E-state index is 0. The maximum atomic E-state index is 12.8. The van der Waals surface area contributed by atoms with E-state index in [0.717, 1.165) is 64.3 Å². The molecule has 0 aromatic heterocycles. The molecule has 1 aliphatic carbocycles. The molecule has 7 heteroatoms. The number of hydrogen-bond acceptors (Lipinski definition) is 5. The fourth-order valence-electron chi connectivity index (χ4n) is 5.27. The van der Waals surface area contributed by atoms with Crippen LogP contribution in [0, 0.1) is 0 Å². The second kappa shape index (κ2) is 12.2. The van der Waals surface area contributed by atoms with Crippen LogP contribution in [-0.4, -0.2) is 85.6 Å². The largest absolute Gasteiger partial charge is 0.489 e. The molecule has 2 heterocycles. The van der Waals surface area contributed by atoms with Crippen molar-refractivity contribution in [2.24, 2.45) is 0 Å². The highest BCUT2D eigenvalue weighted by Crippen LogP contribution is 2.45. The number of likely N-dealkylation sites (tertiary alicyclic amines) is 1. The Morgan fingerprint density at radius 2 is 1.63 bits per heavy atom. The highest BCUT2D eigenvalue weighted by Gasteiger charge is 2.41. The minimum Gasteiger partial charge on any atom is -0.489 e. The Morgan fingerprint density at radius 3 is 2.37 bits per heavy atom. The van der Waals surface area contributed by atoms with Crippen molar-refractivity contribution in [1.29, 1.82) is 0 Å². The molecule has 3 fully saturated rings. The summed E-state index contributed by atoms with van der Waals surface area (Å²) in [6, 6.07) is 19.8. The van der Waals surface area contributed by atoms with Crippen LogP contribution in [0.1, 0.15) is 36.3 Å². The third-order valence-corrected chi connectivity index (χ3v) is 7.60. The van der Waals surface area contributed by atoms with Crippen LogP contribution in [0.2, 0.25) is 0 Å². The van der Waals surface area contributed by atoms with E-state index in [0.29, 0.717) is 37.1 Å². The standard InChI is InChI=1S/C28H38N4O2.ClH/c1-30-15-17-31(18-16-30)20-28(33)32-13-11-23(12-14-32)29-26-19-25(26)24-9-5-6-10-27(24)34-21-22-7-3-2-4-8-22;/h2-10,23,25-26,29H,11-21H2,1H3;1H/t25-,26+;/m0./s1. The average molecular weight is 499 g/mol. The molecule has 2 atom stereocenters. The Bertz CT molecular complexity index is 943. The molecular formula is C28H39ClN4O2. The molecule has 1 amide bonds. The van der Waals surface area contributed by atoms with E-state index in [9.17, 15) is 4.79 Å². The second-order valence-corrected chi connectivity index (χ2v) is 10.2. The summed E-state index contributed by atoms with van der Waals surface area (Å²) in [5.74, 6) is 1.82. The molecule has 190 valence electrons. The van der Waals surface area contributed by atoms with Crippen LogP contribution in [0.15, 0.2) is 54.6 Å². The van der Waals surface area contributed by atoms with E-state index in [1.165, 1.54) is 11.1 Å². The Morgan fingerprint density at radius 1 is 0.943 bits per heavy atom. The van der Waals surface area contributed by atoms with E-state index >= 15 is 0 Å². The van der Waals surface area contributed by atoms with Gasteiger partial charge in [0.15, 0.2) is 0 Å². The number of para-hydroxylation sites is 1. The lowest BCUT2D eigenvalue weighted by Crippen LogP contribution is -2.51. The van der Waals surface area contributed by atoms with Crippen LogP contribution in [0.3, 0.4) is 0 Å². The lowest BCUT2D eigenvalue weighted by molar-refractivity contribution is -0.133. The van der Waals surface area contributed by atoms with Crippen LogP contribution in [0.4, 0.5) is 0 Å². The summed E-state index contributed by atoms with van der Waals surface area (Å²) in [6.45, 7) is 7.04. The highest BCUT2D eigenvalue weighted by atomic mass is 35.5. The fourth-order valence-corrected chi connectivity index (χ4v) is 5.27. The average Bonchev–Trinajstić information content (AvgIpc) is 3.64. The summed E-state index contributed by atoms with van der Waals surface area (Å²) in [5.41, 5.74) is 2.51. The third kappa shape index (κ3) is 6.98. The Balaban J connectivity index is 0.00000289. The first-order chi connectivity index (χ1) is 16.7. The molecule has 0 bridgehead atoms. The van der Waals surface area contributed by atoms with Gasteiger partial charge in [-0.15, -0.1) is 12.4 Å². The molecule has 0 spiro atoms. The predicted octanol–water partition coefficient (Wildman–Crippen LogP) is 3.37. The summed E-state index contributed by atoms with van der Waals surface area (Å²) in [5, 5.41) is 3.88. The highest BCUT2D eigenvalue weighted by molar-refractivity contribution is 5.85. The molecule has 2 aliphatic heterocycles. The minimum absolute atomic E-state index is 0. The van der Waals surface area contributed by atoms with Crippen molar-refractivity contribution in [3.05, 3.63) is 65.7 Å². The quantitative estimate of drug-likeness (QED) is 0.604. The van der Waals surface area contributed by atoms with Crippen molar-refractivity contribution in [3.63, 3.8) is 0 Å². The SMILES string of the molecule is CN1CCN(CC(=O)N2CCC(N[C@@H]3C[C@H]3c3ccccc3OCc3ccccc3)CC2)CC1.Cl. The van der Waals surface area contributed by atoms with E-state index in [-0.39, 0.29) is 12.4 Å². The van der Waals surface area contributed by atoms with Gasteiger partial charge in [0.05, 0.1) is 6.54 Å². The molecule has 3 aliphatic rings. The van der Waals surface area contributed by atoms with E-state index < -0.39 is 0 Å². The molecule has 35 heavy (non-hydrogen) atoms. The van der Waals surface area contributed by atoms with Gasteiger partial charge in [-0.1, -0.05) is 48.5 Å². The van der Waals surface area contributed by atoms with Crippen molar-refractivity contribution in [3.8, 4) is 5.75 Å². The first kappa shape index (κ1) is 26.0. The van der Waals surface area contributed by atoms with Gasteiger partial charge < -0.3 is 19.9 Å². The number of carbonyl (C=O) groups excluding carboxylic acids is 1. The maximum Gasteiger partial charge on any atom is 0.236 e. The van der Waals surface area contributed by atoms with Gasteiger partial charge in [-0.05, 0) is 43.5 Å². The number of piperidine rings is 1. The maximum absolute atomic E-state index is 12.8. The summed E-state index contributed by atoms with van der Waals surface area (Å²) >= 11 is 0. The van der Waals surface area contributed by atoms with E-state index in [1.54, 1.807) is 0 Å². The smallest absolute Gasteiger partial charge is 0.236 e. The van der Waals surface area contributed by atoms with Crippen molar-refractivity contribution >= 4 is 18.3 Å². The number of ether oxygens (including phenoxy) is 1. The molecule has 2 saturated heterocycles. The van der Waals surface area contributed by atoms with Crippen molar-refractivity contribution in [2.45, 2.75) is 43.9 Å². The first-order valence-electron chi connectivity index (χ1n) is 12.9. The Kier molecular flexibility index (Phi) is 9.06. The fraction of sp³-hybridized carbons (Fsp3) is 0.536. The molecule has 6 nitrogen and oxygen atoms in total. The molecule has 2 aromatic carbocycles. The zero-order valence-electron chi connectivity index (χ0n) is 20.8.